The maximum atomic E-state index is 12.9. The van der Waals surface area contributed by atoms with Gasteiger partial charge < -0.3 is 9.88 Å². The van der Waals surface area contributed by atoms with Gasteiger partial charge in [-0.05, 0) is 43.0 Å². The minimum absolute atomic E-state index is 0.144. The van der Waals surface area contributed by atoms with E-state index < -0.39 is 10.0 Å². The lowest BCUT2D eigenvalue weighted by Crippen LogP contribution is -2.38. The van der Waals surface area contributed by atoms with Gasteiger partial charge in [-0.15, -0.1) is 0 Å². The third-order valence-corrected chi connectivity index (χ3v) is 6.62. The molecule has 1 aromatic heterocycles. The van der Waals surface area contributed by atoms with Crippen LogP contribution >= 0.6 is 11.6 Å². The van der Waals surface area contributed by atoms with E-state index in [0.717, 1.165) is 12.8 Å². The third-order valence-electron chi connectivity index (χ3n) is 4.55. The summed E-state index contributed by atoms with van der Waals surface area (Å²) in [4.78, 5) is 12.7. The molecule has 26 heavy (non-hydrogen) atoms. The Hall–Kier alpha value is -1.83. The number of nitrogens with zero attached hydrogens (tertiary/aromatic N) is 2. The maximum Gasteiger partial charge on any atom is 0.272 e. The predicted octanol–water partition coefficient (Wildman–Crippen LogP) is 3.35. The topological polar surface area (TPSA) is 71.4 Å². The van der Waals surface area contributed by atoms with E-state index in [1.165, 1.54) is 21.1 Å². The first-order valence-electron chi connectivity index (χ1n) is 8.51. The molecule has 2 aromatic rings. The number of sulfonamides is 1. The predicted molar refractivity (Wildman–Crippen MR) is 102 cm³/mol. The average molecular weight is 396 g/mol. The Bertz CT molecular complexity index is 924. The Labute approximate surface area is 158 Å². The molecule has 0 radical (unpaired) electrons. The zero-order chi connectivity index (χ0) is 18.9. The molecule has 3 rings (SSSR count). The first kappa shape index (κ1) is 18.9. The van der Waals surface area contributed by atoms with E-state index in [1.807, 2.05) is 0 Å². The second kappa shape index (κ2) is 7.42. The number of aromatic nitrogens is 1. The van der Waals surface area contributed by atoms with E-state index >= 15 is 0 Å². The van der Waals surface area contributed by atoms with Crippen LogP contribution in [0.3, 0.4) is 0 Å². The number of aryl methyl sites for hydroxylation is 1. The number of rotatable bonds is 4. The lowest BCUT2D eigenvalue weighted by molar-refractivity contribution is 0.101. The Morgan fingerprint density at radius 3 is 2.77 bits per heavy atom. The average Bonchev–Trinajstić information content (AvgIpc) is 2.97. The second-order valence-electron chi connectivity index (χ2n) is 6.75. The summed E-state index contributed by atoms with van der Waals surface area (Å²) in [6.07, 6.45) is 3.38. The zero-order valence-corrected chi connectivity index (χ0v) is 16.3. The van der Waals surface area contributed by atoms with Crippen molar-refractivity contribution in [2.45, 2.75) is 24.7 Å². The molecule has 1 aromatic carbocycles. The van der Waals surface area contributed by atoms with Crippen LogP contribution in [0, 0.1) is 5.92 Å². The Morgan fingerprint density at radius 2 is 2.08 bits per heavy atom. The highest BCUT2D eigenvalue weighted by molar-refractivity contribution is 7.89. The molecule has 1 aliphatic rings. The van der Waals surface area contributed by atoms with Gasteiger partial charge in [-0.2, -0.15) is 4.31 Å². The second-order valence-corrected chi connectivity index (χ2v) is 9.12. The largest absolute Gasteiger partial charge is 0.345 e. The number of hydrogen-bond acceptors (Lipinski definition) is 3. The highest BCUT2D eigenvalue weighted by atomic mass is 35.5. The van der Waals surface area contributed by atoms with Gasteiger partial charge in [-0.25, -0.2) is 8.42 Å². The fraction of sp³-hybridized carbons (Fsp3) is 0.389. The standard InChI is InChI=1S/C18H22ClN3O3S/c1-13-5-4-8-22(11-13)26(24,25)16-10-17(21(2)12-16)18(23)20-15-7-3-6-14(19)9-15/h3,6-7,9-10,12-13H,4-5,8,11H2,1-2H3,(H,20,23)/t13-/m1/s1. The number of anilines is 1. The summed E-state index contributed by atoms with van der Waals surface area (Å²) in [5.41, 5.74) is 0.826. The molecule has 2 heterocycles. The SMILES string of the molecule is C[C@@H]1CCCN(S(=O)(=O)c2cc(C(=O)Nc3cccc(Cl)c3)n(C)c2)C1. The molecule has 1 atom stereocenters. The molecule has 8 heteroatoms. The van der Waals surface area contributed by atoms with Crippen molar-refractivity contribution in [2.24, 2.45) is 13.0 Å². The fourth-order valence-electron chi connectivity index (χ4n) is 3.18. The van der Waals surface area contributed by atoms with Crippen LogP contribution < -0.4 is 5.32 Å². The Kier molecular flexibility index (Phi) is 5.41. The summed E-state index contributed by atoms with van der Waals surface area (Å²) >= 11 is 5.93. The van der Waals surface area contributed by atoms with Gasteiger partial charge in [0.25, 0.3) is 5.91 Å². The zero-order valence-electron chi connectivity index (χ0n) is 14.8. The van der Waals surface area contributed by atoms with Crippen molar-refractivity contribution >= 4 is 33.2 Å². The van der Waals surface area contributed by atoms with Gasteiger partial charge in [0.05, 0.1) is 0 Å². The number of carbonyl (C=O) groups excluding carboxylic acids is 1. The number of piperidine rings is 1. The van der Waals surface area contributed by atoms with Crippen molar-refractivity contribution in [1.29, 1.82) is 0 Å². The molecule has 0 spiro atoms. The quantitative estimate of drug-likeness (QED) is 0.862. The Balaban J connectivity index is 1.83. The number of hydrogen-bond donors (Lipinski definition) is 1. The van der Waals surface area contributed by atoms with Gasteiger partial charge in [-0.1, -0.05) is 24.6 Å². The van der Waals surface area contributed by atoms with E-state index in [1.54, 1.807) is 31.3 Å². The van der Waals surface area contributed by atoms with Crippen molar-refractivity contribution in [1.82, 2.24) is 8.87 Å². The molecular formula is C18H22ClN3O3S. The molecule has 1 aliphatic heterocycles. The van der Waals surface area contributed by atoms with Gasteiger partial charge in [0.15, 0.2) is 0 Å². The van der Waals surface area contributed by atoms with Crippen LogP contribution in [0.4, 0.5) is 5.69 Å². The lowest BCUT2D eigenvalue weighted by atomic mass is 10.0. The van der Waals surface area contributed by atoms with Gasteiger partial charge >= 0.3 is 0 Å². The van der Waals surface area contributed by atoms with Crippen molar-refractivity contribution in [3.8, 4) is 0 Å². The van der Waals surface area contributed by atoms with Crippen LogP contribution in [-0.4, -0.2) is 36.3 Å². The molecule has 6 nitrogen and oxygen atoms in total. The Morgan fingerprint density at radius 1 is 1.31 bits per heavy atom. The van der Waals surface area contributed by atoms with Crippen LogP contribution in [0.1, 0.15) is 30.3 Å². The van der Waals surface area contributed by atoms with Crippen LogP contribution in [0.15, 0.2) is 41.4 Å². The summed E-state index contributed by atoms with van der Waals surface area (Å²) in [6, 6.07) is 8.23. The summed E-state index contributed by atoms with van der Waals surface area (Å²) in [5.74, 6) is -0.0453. The van der Waals surface area contributed by atoms with E-state index in [9.17, 15) is 13.2 Å². The van der Waals surface area contributed by atoms with Crippen LogP contribution in [0.25, 0.3) is 0 Å². The number of carbonyl (C=O) groups is 1. The first-order chi connectivity index (χ1) is 12.3. The summed E-state index contributed by atoms with van der Waals surface area (Å²) in [5, 5.41) is 3.25. The molecule has 1 N–H and O–H groups in total. The maximum absolute atomic E-state index is 12.9. The van der Waals surface area contributed by atoms with E-state index in [0.29, 0.717) is 29.7 Å². The molecular weight excluding hydrogens is 374 g/mol. The van der Waals surface area contributed by atoms with Gasteiger partial charge in [0, 0.05) is 37.0 Å². The van der Waals surface area contributed by atoms with Crippen molar-refractivity contribution in [3.63, 3.8) is 0 Å². The molecule has 140 valence electrons. The van der Waals surface area contributed by atoms with Crippen molar-refractivity contribution in [2.75, 3.05) is 18.4 Å². The number of halogens is 1. The molecule has 0 unspecified atom stereocenters. The molecule has 0 bridgehead atoms. The van der Waals surface area contributed by atoms with E-state index in [2.05, 4.69) is 12.2 Å². The highest BCUT2D eigenvalue weighted by Crippen LogP contribution is 2.25. The van der Waals surface area contributed by atoms with Gasteiger partial charge in [0.1, 0.15) is 10.6 Å². The summed E-state index contributed by atoms with van der Waals surface area (Å²) in [6.45, 7) is 3.09. The smallest absolute Gasteiger partial charge is 0.272 e. The monoisotopic (exact) mass is 395 g/mol. The van der Waals surface area contributed by atoms with Crippen molar-refractivity contribution < 1.29 is 13.2 Å². The van der Waals surface area contributed by atoms with Crippen molar-refractivity contribution in [3.05, 3.63) is 47.2 Å². The normalized spacial score (nSPS) is 18.7. The first-order valence-corrected chi connectivity index (χ1v) is 10.3. The molecule has 0 saturated carbocycles. The van der Waals surface area contributed by atoms with Crippen LogP contribution in [0.2, 0.25) is 5.02 Å². The summed E-state index contributed by atoms with van der Waals surface area (Å²) in [7, 11) is -1.94. The van der Waals surface area contributed by atoms with Crippen LogP contribution in [0.5, 0.6) is 0 Å². The number of benzene rings is 1. The minimum atomic E-state index is -3.60. The van der Waals surface area contributed by atoms with Gasteiger partial charge in [-0.3, -0.25) is 4.79 Å². The van der Waals surface area contributed by atoms with Crippen LogP contribution in [-0.2, 0) is 17.1 Å². The molecule has 1 amide bonds. The molecule has 0 aliphatic carbocycles. The van der Waals surface area contributed by atoms with Gasteiger partial charge in [0.2, 0.25) is 10.0 Å². The third kappa shape index (κ3) is 3.95. The minimum Gasteiger partial charge on any atom is -0.345 e. The summed E-state index contributed by atoms with van der Waals surface area (Å²) < 4.78 is 28.8. The molecule has 1 saturated heterocycles. The lowest BCUT2D eigenvalue weighted by Gasteiger charge is -2.29. The number of amides is 1. The molecule has 1 fully saturated rings. The van der Waals surface area contributed by atoms with E-state index in [4.69, 9.17) is 11.6 Å². The van der Waals surface area contributed by atoms with E-state index in [-0.39, 0.29) is 16.5 Å². The highest BCUT2D eigenvalue weighted by Gasteiger charge is 2.30. The fourth-order valence-corrected chi connectivity index (χ4v) is 5.04. The number of nitrogens with one attached hydrogen (secondary N) is 1.